The molecule has 2 aromatic carbocycles. The molecule has 0 aliphatic carbocycles. The van der Waals surface area contributed by atoms with Crippen molar-refractivity contribution in [1.29, 1.82) is 0 Å². The molecule has 0 saturated carbocycles. The summed E-state index contributed by atoms with van der Waals surface area (Å²) in [6, 6.07) is 15.6. The normalized spacial score (nSPS) is 10.9. The molecule has 0 heterocycles. The van der Waals surface area contributed by atoms with Gasteiger partial charge in [0.25, 0.3) is 0 Å². The number of benzene rings is 2. The van der Waals surface area contributed by atoms with Crippen molar-refractivity contribution in [3.8, 4) is 0 Å². The highest BCUT2D eigenvalue weighted by molar-refractivity contribution is 5.89. The van der Waals surface area contributed by atoms with Crippen molar-refractivity contribution in [3.63, 3.8) is 0 Å². The zero-order valence-electron chi connectivity index (χ0n) is 21.4. The summed E-state index contributed by atoms with van der Waals surface area (Å²) >= 11 is 0. The minimum atomic E-state index is -1.04. The van der Waals surface area contributed by atoms with Crippen LogP contribution in [0.3, 0.4) is 0 Å². The summed E-state index contributed by atoms with van der Waals surface area (Å²) < 4.78 is 0. The molecule has 0 radical (unpaired) electrons. The topological polar surface area (TPSA) is 125 Å². The Kier molecular flexibility index (Phi) is 21.2. The van der Waals surface area contributed by atoms with E-state index in [1.165, 1.54) is 0 Å². The maximum absolute atomic E-state index is 12.9. The Morgan fingerprint density at radius 3 is 1.91 bits per heavy atom. The van der Waals surface area contributed by atoms with Gasteiger partial charge in [-0.05, 0) is 43.2 Å². The predicted octanol–water partition coefficient (Wildman–Crippen LogP) is 4.56. The third kappa shape index (κ3) is 14.2. The summed E-state index contributed by atoms with van der Waals surface area (Å²) in [4.78, 5) is 40.6. The smallest absolute Gasteiger partial charge is 0.326 e. The minimum Gasteiger partial charge on any atom is -0.480 e. The van der Waals surface area contributed by atoms with E-state index in [9.17, 15) is 14.7 Å². The third-order valence-electron chi connectivity index (χ3n) is 4.67. The van der Waals surface area contributed by atoms with E-state index < -0.39 is 18.1 Å². The standard InChI is InChI=1S/C23H31N3O3.C2H6.2CH2O/c1-3-5-11-20(25-19-9-7-6-8-10-19)22(27)26-21(23(28)29)16-17-12-14-18(15-13-17)24-4-2;3*1-2/h6-10,12-15,20-21,24-25H,3-5,11,16H2,1-2H3,(H,26,27)(H,28,29);1-2H3;2*1H2. The van der Waals surface area contributed by atoms with Crippen molar-refractivity contribution in [2.75, 3.05) is 17.2 Å². The Labute approximate surface area is 209 Å². The number of carbonyl (C=O) groups excluding carboxylic acids is 3. The van der Waals surface area contributed by atoms with Crippen LogP contribution in [-0.4, -0.2) is 49.2 Å². The molecule has 0 aliphatic rings. The molecule has 8 heteroatoms. The summed E-state index contributed by atoms with van der Waals surface area (Å²) in [5.74, 6) is -1.33. The number of carboxylic acids is 1. The van der Waals surface area contributed by atoms with E-state index in [1.807, 2.05) is 88.9 Å². The molecule has 1 amide bonds. The van der Waals surface area contributed by atoms with Gasteiger partial charge < -0.3 is 30.6 Å². The molecule has 2 rings (SSSR count). The number of para-hydroxylation sites is 1. The van der Waals surface area contributed by atoms with Gasteiger partial charge in [-0.15, -0.1) is 0 Å². The number of amides is 1. The first-order chi connectivity index (χ1) is 17.0. The van der Waals surface area contributed by atoms with Crippen LogP contribution in [0, 0.1) is 0 Å². The molecule has 0 saturated heterocycles. The van der Waals surface area contributed by atoms with Gasteiger partial charge >= 0.3 is 5.97 Å². The maximum Gasteiger partial charge on any atom is 0.326 e. The molecule has 0 spiro atoms. The Morgan fingerprint density at radius 2 is 1.43 bits per heavy atom. The van der Waals surface area contributed by atoms with Crippen LogP contribution in [0.25, 0.3) is 0 Å². The van der Waals surface area contributed by atoms with Gasteiger partial charge in [-0.3, -0.25) is 4.79 Å². The molecule has 2 unspecified atom stereocenters. The summed E-state index contributed by atoms with van der Waals surface area (Å²) in [7, 11) is 0. The van der Waals surface area contributed by atoms with Crippen LogP contribution in [0.5, 0.6) is 0 Å². The van der Waals surface area contributed by atoms with Crippen molar-refractivity contribution in [2.45, 2.75) is 65.5 Å². The van der Waals surface area contributed by atoms with Crippen molar-refractivity contribution < 1.29 is 24.3 Å². The highest BCUT2D eigenvalue weighted by Gasteiger charge is 2.25. The van der Waals surface area contributed by atoms with Crippen molar-refractivity contribution in [1.82, 2.24) is 5.32 Å². The number of carbonyl (C=O) groups is 4. The fraction of sp³-hybridized carbons (Fsp3) is 0.407. The molecule has 0 aromatic heterocycles. The molecule has 0 aliphatic heterocycles. The lowest BCUT2D eigenvalue weighted by atomic mass is 10.0. The number of carboxylic acid groups (broad SMARTS) is 1. The highest BCUT2D eigenvalue weighted by atomic mass is 16.4. The van der Waals surface area contributed by atoms with Gasteiger partial charge in [0.2, 0.25) is 5.91 Å². The van der Waals surface area contributed by atoms with E-state index in [2.05, 4.69) is 22.9 Å². The molecule has 2 aromatic rings. The molecule has 194 valence electrons. The molecule has 8 nitrogen and oxygen atoms in total. The van der Waals surface area contributed by atoms with E-state index in [1.54, 1.807) is 0 Å². The minimum absolute atomic E-state index is 0.235. The van der Waals surface area contributed by atoms with Crippen LogP contribution >= 0.6 is 0 Å². The van der Waals surface area contributed by atoms with Crippen LogP contribution in [0.4, 0.5) is 11.4 Å². The Morgan fingerprint density at radius 1 is 0.857 bits per heavy atom. The SMILES string of the molecule is C=O.C=O.CC.CCCCC(Nc1ccccc1)C(=O)NC(Cc1ccc(NCC)cc1)C(=O)O. The Bertz CT molecular complexity index is 798. The molecular formula is C27H41N3O5. The molecule has 2 atom stereocenters. The van der Waals surface area contributed by atoms with Crippen molar-refractivity contribution >= 4 is 36.8 Å². The highest BCUT2D eigenvalue weighted by Crippen LogP contribution is 2.14. The average Bonchev–Trinajstić information content (AvgIpc) is 2.91. The van der Waals surface area contributed by atoms with Crippen LogP contribution in [-0.2, 0) is 25.6 Å². The number of unbranched alkanes of at least 4 members (excludes halogenated alkanes) is 1. The second-order valence-corrected chi connectivity index (χ2v) is 7.04. The van der Waals surface area contributed by atoms with Crippen LogP contribution in [0.15, 0.2) is 54.6 Å². The van der Waals surface area contributed by atoms with Gasteiger partial charge in [-0.2, -0.15) is 0 Å². The van der Waals surface area contributed by atoms with E-state index in [0.717, 1.165) is 36.3 Å². The van der Waals surface area contributed by atoms with Gasteiger partial charge in [-0.1, -0.05) is 63.9 Å². The molecular weight excluding hydrogens is 446 g/mol. The molecule has 4 N–H and O–H groups in total. The maximum atomic E-state index is 12.9. The first-order valence-electron chi connectivity index (χ1n) is 11.8. The lowest BCUT2D eigenvalue weighted by Crippen LogP contribution is -2.48. The second-order valence-electron chi connectivity index (χ2n) is 7.04. The Balaban J connectivity index is 0. The first-order valence-corrected chi connectivity index (χ1v) is 11.8. The molecule has 35 heavy (non-hydrogen) atoms. The fourth-order valence-corrected chi connectivity index (χ4v) is 3.08. The lowest BCUT2D eigenvalue weighted by Gasteiger charge is -2.22. The quantitative estimate of drug-likeness (QED) is 0.346. The van der Waals surface area contributed by atoms with E-state index in [-0.39, 0.29) is 12.3 Å². The fourth-order valence-electron chi connectivity index (χ4n) is 3.08. The summed E-state index contributed by atoms with van der Waals surface area (Å²) in [5.41, 5.74) is 2.69. The summed E-state index contributed by atoms with van der Waals surface area (Å²) in [6.07, 6.45) is 2.71. The number of nitrogens with one attached hydrogen (secondary N) is 3. The number of anilines is 2. The number of aliphatic carboxylic acids is 1. The first kappa shape index (κ1) is 33.5. The number of hydrogen-bond acceptors (Lipinski definition) is 6. The van der Waals surface area contributed by atoms with Crippen LogP contribution in [0.1, 0.15) is 52.5 Å². The second kappa shape index (κ2) is 22.1. The zero-order chi connectivity index (χ0) is 27.1. The van der Waals surface area contributed by atoms with Gasteiger partial charge in [-0.25, -0.2) is 4.79 Å². The number of rotatable bonds is 12. The predicted molar refractivity (Wildman–Crippen MR) is 143 cm³/mol. The monoisotopic (exact) mass is 487 g/mol. The van der Waals surface area contributed by atoms with Crippen molar-refractivity contribution in [3.05, 3.63) is 60.2 Å². The third-order valence-corrected chi connectivity index (χ3v) is 4.67. The van der Waals surface area contributed by atoms with Gasteiger partial charge in [0.05, 0.1) is 0 Å². The van der Waals surface area contributed by atoms with Crippen LogP contribution < -0.4 is 16.0 Å². The average molecular weight is 488 g/mol. The van der Waals surface area contributed by atoms with E-state index in [4.69, 9.17) is 9.59 Å². The molecule has 0 fully saturated rings. The van der Waals surface area contributed by atoms with Gasteiger partial charge in [0.1, 0.15) is 25.7 Å². The van der Waals surface area contributed by atoms with Gasteiger partial charge in [0.15, 0.2) is 0 Å². The Hall–Kier alpha value is -3.68. The summed E-state index contributed by atoms with van der Waals surface area (Å²) in [5, 5.41) is 18.8. The van der Waals surface area contributed by atoms with E-state index >= 15 is 0 Å². The largest absolute Gasteiger partial charge is 0.480 e. The summed E-state index contributed by atoms with van der Waals surface area (Å²) in [6.45, 7) is 12.9. The lowest BCUT2D eigenvalue weighted by molar-refractivity contribution is -0.141. The molecule has 0 bridgehead atoms. The van der Waals surface area contributed by atoms with Crippen molar-refractivity contribution in [2.24, 2.45) is 0 Å². The van der Waals surface area contributed by atoms with Gasteiger partial charge in [0, 0.05) is 24.3 Å². The zero-order valence-corrected chi connectivity index (χ0v) is 21.4. The van der Waals surface area contributed by atoms with Crippen LogP contribution in [0.2, 0.25) is 0 Å². The number of hydrogen-bond donors (Lipinski definition) is 4. The van der Waals surface area contributed by atoms with E-state index in [0.29, 0.717) is 6.42 Å².